The lowest BCUT2D eigenvalue weighted by atomic mass is 10.1. The Morgan fingerprint density at radius 2 is 1.25 bits per heavy atom. The van der Waals surface area contributed by atoms with Crippen LogP contribution in [0.5, 0.6) is 0 Å². The van der Waals surface area contributed by atoms with Crippen molar-refractivity contribution in [2.45, 2.75) is 0 Å². The quantitative estimate of drug-likeness (QED) is 0.645. The van der Waals surface area contributed by atoms with Crippen LogP contribution in [0.25, 0.3) is 11.1 Å². The summed E-state index contributed by atoms with van der Waals surface area (Å²) in [4.78, 5) is 3.83. The maximum atomic E-state index is 6.07. The van der Waals surface area contributed by atoms with Gasteiger partial charge in [0.15, 0.2) is 0 Å². The van der Waals surface area contributed by atoms with Crippen molar-refractivity contribution < 1.29 is 0 Å². The molecule has 0 radical (unpaired) electrons. The van der Waals surface area contributed by atoms with Gasteiger partial charge >= 0.3 is 0 Å². The molecular weight excluding hydrogens is 288 g/mol. The zero-order chi connectivity index (χ0) is 11.7. The topological polar surface area (TPSA) is 12.9 Å². The van der Waals surface area contributed by atoms with Crippen molar-refractivity contribution in [2.24, 2.45) is 0 Å². The van der Waals surface area contributed by atoms with Gasteiger partial charge in [0.25, 0.3) is 0 Å². The molecule has 0 atom stereocenters. The highest BCUT2D eigenvalue weighted by molar-refractivity contribution is 6.48. The standard InChI is InChI=1S/C11H5Cl4N/c12-8-7(6-4-2-1-3-5-6)9(13)11(15)16-10(8)14/h1-5H. The van der Waals surface area contributed by atoms with Crippen molar-refractivity contribution in [3.8, 4) is 11.1 Å². The number of aromatic nitrogens is 1. The van der Waals surface area contributed by atoms with E-state index < -0.39 is 0 Å². The Labute approximate surface area is 113 Å². The fourth-order valence-electron chi connectivity index (χ4n) is 1.35. The van der Waals surface area contributed by atoms with Crippen LogP contribution in [-0.2, 0) is 0 Å². The first-order chi connectivity index (χ1) is 7.61. The molecule has 0 amide bonds. The lowest BCUT2D eigenvalue weighted by molar-refractivity contribution is 1.33. The van der Waals surface area contributed by atoms with Crippen LogP contribution in [0.3, 0.4) is 0 Å². The molecule has 0 bridgehead atoms. The number of benzene rings is 1. The molecule has 1 aromatic carbocycles. The highest BCUT2D eigenvalue weighted by Gasteiger charge is 2.16. The summed E-state index contributed by atoms with van der Waals surface area (Å²) >= 11 is 23.8. The van der Waals surface area contributed by atoms with Gasteiger partial charge < -0.3 is 0 Å². The van der Waals surface area contributed by atoms with Crippen molar-refractivity contribution in [3.63, 3.8) is 0 Å². The van der Waals surface area contributed by atoms with E-state index in [-0.39, 0.29) is 10.3 Å². The summed E-state index contributed by atoms with van der Waals surface area (Å²) < 4.78 is 0. The number of nitrogens with zero attached hydrogens (tertiary/aromatic N) is 1. The van der Waals surface area contributed by atoms with E-state index in [2.05, 4.69) is 4.98 Å². The lowest BCUT2D eigenvalue weighted by Gasteiger charge is -2.09. The first-order valence-electron chi connectivity index (χ1n) is 4.36. The van der Waals surface area contributed by atoms with Crippen molar-refractivity contribution in [2.75, 3.05) is 0 Å². The molecule has 5 heteroatoms. The van der Waals surface area contributed by atoms with Crippen molar-refractivity contribution in [3.05, 3.63) is 50.7 Å². The van der Waals surface area contributed by atoms with Crippen LogP contribution in [0, 0.1) is 0 Å². The maximum Gasteiger partial charge on any atom is 0.150 e. The minimum absolute atomic E-state index is 0.148. The summed E-state index contributed by atoms with van der Waals surface area (Å²) in [5.74, 6) is 0. The second kappa shape index (κ2) is 4.80. The Morgan fingerprint density at radius 1 is 0.750 bits per heavy atom. The summed E-state index contributed by atoms with van der Waals surface area (Å²) in [6.07, 6.45) is 0. The van der Waals surface area contributed by atoms with Crippen molar-refractivity contribution >= 4 is 46.4 Å². The van der Waals surface area contributed by atoms with Gasteiger partial charge in [0, 0.05) is 5.56 Å². The molecule has 1 heterocycles. The van der Waals surface area contributed by atoms with Crippen LogP contribution in [0.4, 0.5) is 0 Å². The Bertz CT molecular complexity index is 499. The maximum absolute atomic E-state index is 6.07. The van der Waals surface area contributed by atoms with Crippen LogP contribution in [0.2, 0.25) is 20.4 Å². The highest BCUT2D eigenvalue weighted by atomic mass is 35.5. The van der Waals surface area contributed by atoms with Gasteiger partial charge in [0.2, 0.25) is 0 Å². The second-order valence-corrected chi connectivity index (χ2v) is 4.53. The second-order valence-electron chi connectivity index (χ2n) is 3.06. The lowest BCUT2D eigenvalue weighted by Crippen LogP contribution is -1.88. The zero-order valence-corrected chi connectivity index (χ0v) is 10.9. The molecule has 0 unspecified atom stereocenters. The largest absolute Gasteiger partial charge is 0.221 e. The third-order valence-corrected chi connectivity index (χ3v) is 3.54. The number of pyridine rings is 1. The molecule has 0 aliphatic carbocycles. The predicted octanol–water partition coefficient (Wildman–Crippen LogP) is 5.36. The minimum atomic E-state index is 0.148. The van der Waals surface area contributed by atoms with Gasteiger partial charge in [-0.3, -0.25) is 0 Å². The molecule has 1 nitrogen and oxygen atoms in total. The molecule has 0 saturated heterocycles. The molecule has 0 fully saturated rings. The van der Waals surface area contributed by atoms with Crippen LogP contribution in [0.1, 0.15) is 0 Å². The Hall–Kier alpha value is -0.470. The molecular formula is C11H5Cl4N. The van der Waals surface area contributed by atoms with E-state index in [1.165, 1.54) is 0 Å². The van der Waals surface area contributed by atoms with E-state index in [1.807, 2.05) is 30.3 Å². The van der Waals surface area contributed by atoms with Gasteiger partial charge in [-0.15, -0.1) is 0 Å². The summed E-state index contributed by atoms with van der Waals surface area (Å²) in [5, 5.41) is 0.911. The molecule has 0 N–H and O–H groups in total. The van der Waals surface area contributed by atoms with Crippen molar-refractivity contribution in [1.29, 1.82) is 0 Å². The molecule has 2 aromatic rings. The molecule has 2 rings (SSSR count). The number of hydrogen-bond acceptors (Lipinski definition) is 1. The summed E-state index contributed by atoms with van der Waals surface area (Å²) in [6.45, 7) is 0. The zero-order valence-electron chi connectivity index (χ0n) is 7.85. The molecule has 0 spiro atoms. The third-order valence-electron chi connectivity index (χ3n) is 2.06. The van der Waals surface area contributed by atoms with E-state index in [1.54, 1.807) is 0 Å². The molecule has 16 heavy (non-hydrogen) atoms. The summed E-state index contributed by atoms with van der Waals surface area (Å²) in [6, 6.07) is 9.41. The van der Waals surface area contributed by atoms with Gasteiger partial charge in [-0.25, -0.2) is 4.98 Å². The summed E-state index contributed by atoms with van der Waals surface area (Å²) in [7, 11) is 0. The average Bonchev–Trinajstić information content (AvgIpc) is 2.28. The monoisotopic (exact) mass is 291 g/mol. The Morgan fingerprint density at radius 3 is 1.75 bits per heavy atom. The Kier molecular flexibility index (Phi) is 3.60. The van der Waals surface area contributed by atoms with E-state index in [0.717, 1.165) is 5.56 Å². The van der Waals surface area contributed by atoms with Gasteiger partial charge in [-0.2, -0.15) is 0 Å². The van der Waals surface area contributed by atoms with Crippen molar-refractivity contribution in [1.82, 2.24) is 4.98 Å². The fraction of sp³-hybridized carbons (Fsp3) is 0. The average molecular weight is 293 g/mol. The van der Waals surface area contributed by atoms with Crippen LogP contribution < -0.4 is 0 Å². The van der Waals surface area contributed by atoms with E-state index in [9.17, 15) is 0 Å². The predicted molar refractivity (Wildman–Crippen MR) is 69.7 cm³/mol. The van der Waals surface area contributed by atoms with Crippen LogP contribution in [-0.4, -0.2) is 4.98 Å². The van der Waals surface area contributed by atoms with Crippen LogP contribution in [0.15, 0.2) is 30.3 Å². The molecule has 1 aromatic heterocycles. The number of rotatable bonds is 1. The first kappa shape index (κ1) is 12.0. The molecule has 0 aliphatic heterocycles. The molecule has 0 aliphatic rings. The third kappa shape index (κ3) is 2.14. The van der Waals surface area contributed by atoms with Gasteiger partial charge in [-0.1, -0.05) is 76.7 Å². The van der Waals surface area contributed by atoms with E-state index in [4.69, 9.17) is 46.4 Å². The SMILES string of the molecule is Clc1nc(Cl)c(Cl)c(-c2ccccc2)c1Cl. The van der Waals surface area contributed by atoms with E-state index >= 15 is 0 Å². The minimum Gasteiger partial charge on any atom is -0.221 e. The van der Waals surface area contributed by atoms with Gasteiger partial charge in [0.1, 0.15) is 10.3 Å². The smallest absolute Gasteiger partial charge is 0.150 e. The van der Waals surface area contributed by atoms with Gasteiger partial charge in [0.05, 0.1) is 10.0 Å². The number of halogens is 4. The van der Waals surface area contributed by atoms with Gasteiger partial charge in [-0.05, 0) is 5.56 Å². The summed E-state index contributed by atoms with van der Waals surface area (Å²) in [5.41, 5.74) is 1.46. The molecule has 82 valence electrons. The molecule has 0 saturated carbocycles. The number of hydrogen-bond donors (Lipinski definition) is 0. The Balaban J connectivity index is 2.74. The fourth-order valence-corrected chi connectivity index (χ4v) is 2.29. The highest BCUT2D eigenvalue weighted by Crippen LogP contribution is 2.41. The van der Waals surface area contributed by atoms with E-state index in [0.29, 0.717) is 15.6 Å². The van der Waals surface area contributed by atoms with Crippen LogP contribution >= 0.6 is 46.4 Å². The normalized spacial score (nSPS) is 10.5. The first-order valence-corrected chi connectivity index (χ1v) is 5.88.